The van der Waals surface area contributed by atoms with Crippen LogP contribution in [0.2, 0.25) is 0 Å². The van der Waals surface area contributed by atoms with Crippen molar-refractivity contribution in [3.8, 4) is 0 Å². The highest BCUT2D eigenvalue weighted by Gasteiger charge is 2.09. The Kier molecular flexibility index (Phi) is 6.61. The number of benzene rings is 2. The summed E-state index contributed by atoms with van der Waals surface area (Å²) in [5.41, 5.74) is 4.64. The van der Waals surface area contributed by atoms with E-state index >= 15 is 0 Å². The largest absolute Gasteiger partial charge is 0.325 e. The average Bonchev–Trinajstić information content (AvgIpc) is 2.71. The molecule has 0 fully saturated rings. The number of carbonyl (C=O) groups excluding carboxylic acids is 2. The summed E-state index contributed by atoms with van der Waals surface area (Å²) in [7, 11) is 0. The van der Waals surface area contributed by atoms with Crippen LogP contribution < -0.4 is 10.6 Å². The Hall–Kier alpha value is -3.19. The van der Waals surface area contributed by atoms with Gasteiger partial charge in [-0.15, -0.1) is 10.2 Å². The van der Waals surface area contributed by atoms with Crippen molar-refractivity contribution in [2.24, 2.45) is 0 Å². The molecule has 29 heavy (non-hydrogen) atoms. The Morgan fingerprint density at radius 3 is 2.34 bits per heavy atom. The van der Waals surface area contributed by atoms with Crippen molar-refractivity contribution in [1.29, 1.82) is 0 Å². The second kappa shape index (κ2) is 9.34. The molecule has 7 heteroatoms. The molecule has 3 rings (SSSR count). The Bertz CT molecular complexity index is 1020. The normalized spacial score (nSPS) is 10.4. The molecular weight excluding hydrogens is 384 g/mol. The molecule has 1 heterocycles. The van der Waals surface area contributed by atoms with Gasteiger partial charge in [0.25, 0.3) is 5.91 Å². The van der Waals surface area contributed by atoms with Crippen LogP contribution in [0, 0.1) is 20.8 Å². The number of nitrogens with one attached hydrogen (secondary N) is 2. The van der Waals surface area contributed by atoms with E-state index in [1.54, 1.807) is 24.3 Å². The van der Waals surface area contributed by atoms with Gasteiger partial charge in [-0.3, -0.25) is 9.59 Å². The Morgan fingerprint density at radius 1 is 0.897 bits per heavy atom. The summed E-state index contributed by atoms with van der Waals surface area (Å²) >= 11 is 1.29. The van der Waals surface area contributed by atoms with E-state index in [0.717, 1.165) is 22.4 Å². The molecular formula is C22H22N4O2S. The smallest absolute Gasteiger partial charge is 0.256 e. The number of rotatable bonds is 6. The fourth-order valence-corrected chi connectivity index (χ4v) is 3.18. The third kappa shape index (κ3) is 5.65. The molecule has 0 spiro atoms. The van der Waals surface area contributed by atoms with Crippen LogP contribution in [-0.4, -0.2) is 27.8 Å². The van der Waals surface area contributed by atoms with Gasteiger partial charge in [0.05, 0.1) is 5.75 Å². The highest BCUT2D eigenvalue weighted by molar-refractivity contribution is 7.99. The van der Waals surface area contributed by atoms with Gasteiger partial charge in [-0.1, -0.05) is 41.6 Å². The van der Waals surface area contributed by atoms with E-state index in [-0.39, 0.29) is 17.6 Å². The molecule has 6 nitrogen and oxygen atoms in total. The summed E-state index contributed by atoms with van der Waals surface area (Å²) in [6.07, 6.45) is 0. The maximum atomic E-state index is 12.2. The van der Waals surface area contributed by atoms with Crippen LogP contribution in [0.4, 0.5) is 11.5 Å². The monoisotopic (exact) mass is 406 g/mol. The number of carbonyl (C=O) groups is 2. The van der Waals surface area contributed by atoms with E-state index in [0.29, 0.717) is 16.4 Å². The standard InChI is InChI=1S/C22H22N4O2S/c1-14-7-9-17(10-8-14)22(28)24-19-11-12-21(26-25-19)29-13-20(27)23-18-6-4-5-15(2)16(18)3/h4-12H,13H2,1-3H3,(H,23,27)(H,24,25,28). The predicted octanol–water partition coefficient (Wildman–Crippen LogP) is 4.38. The number of aryl methyl sites for hydroxylation is 2. The summed E-state index contributed by atoms with van der Waals surface area (Å²) in [6, 6.07) is 16.5. The van der Waals surface area contributed by atoms with Crippen molar-refractivity contribution >= 4 is 35.1 Å². The molecule has 2 aromatic carbocycles. The first kappa shape index (κ1) is 20.5. The van der Waals surface area contributed by atoms with E-state index in [4.69, 9.17) is 0 Å². The molecule has 1 aromatic heterocycles. The molecule has 148 valence electrons. The Balaban J connectivity index is 1.52. The minimum Gasteiger partial charge on any atom is -0.325 e. The lowest BCUT2D eigenvalue weighted by Crippen LogP contribution is -2.15. The van der Waals surface area contributed by atoms with Crippen LogP contribution >= 0.6 is 11.8 Å². The summed E-state index contributed by atoms with van der Waals surface area (Å²) in [4.78, 5) is 24.4. The van der Waals surface area contributed by atoms with Crippen LogP contribution in [-0.2, 0) is 4.79 Å². The molecule has 0 aliphatic heterocycles. The second-order valence-corrected chi connectivity index (χ2v) is 7.66. The van der Waals surface area contributed by atoms with Crippen molar-refractivity contribution in [3.63, 3.8) is 0 Å². The Morgan fingerprint density at radius 2 is 1.66 bits per heavy atom. The highest BCUT2D eigenvalue weighted by Crippen LogP contribution is 2.20. The molecule has 0 saturated carbocycles. The zero-order valence-corrected chi connectivity index (χ0v) is 17.3. The number of nitrogens with zero attached hydrogens (tertiary/aromatic N) is 2. The summed E-state index contributed by atoms with van der Waals surface area (Å²) in [6.45, 7) is 5.95. The SMILES string of the molecule is Cc1ccc(C(=O)Nc2ccc(SCC(=O)Nc3cccc(C)c3C)nn2)cc1. The fraction of sp³-hybridized carbons (Fsp3) is 0.182. The van der Waals surface area contributed by atoms with Crippen LogP contribution in [0.5, 0.6) is 0 Å². The van der Waals surface area contributed by atoms with Gasteiger partial charge >= 0.3 is 0 Å². The molecule has 0 saturated heterocycles. The van der Waals surface area contributed by atoms with Crippen molar-refractivity contribution in [2.45, 2.75) is 25.8 Å². The third-order valence-electron chi connectivity index (χ3n) is 4.43. The zero-order chi connectivity index (χ0) is 20.8. The van der Waals surface area contributed by atoms with Gasteiger partial charge in [0.1, 0.15) is 5.03 Å². The third-order valence-corrected chi connectivity index (χ3v) is 5.35. The fourth-order valence-electron chi connectivity index (χ4n) is 2.57. The first-order valence-corrected chi connectivity index (χ1v) is 10.1. The summed E-state index contributed by atoms with van der Waals surface area (Å²) in [5, 5.41) is 14.3. The summed E-state index contributed by atoms with van der Waals surface area (Å²) in [5.74, 6) is 0.228. The van der Waals surface area contributed by atoms with E-state index in [1.165, 1.54) is 11.8 Å². The van der Waals surface area contributed by atoms with Crippen molar-refractivity contribution < 1.29 is 9.59 Å². The maximum absolute atomic E-state index is 12.2. The van der Waals surface area contributed by atoms with Gasteiger partial charge in [0, 0.05) is 11.3 Å². The first-order valence-electron chi connectivity index (χ1n) is 9.13. The lowest BCUT2D eigenvalue weighted by molar-refractivity contribution is -0.113. The topological polar surface area (TPSA) is 84.0 Å². The molecule has 0 unspecified atom stereocenters. The molecule has 2 amide bonds. The molecule has 0 radical (unpaired) electrons. The van der Waals surface area contributed by atoms with Gasteiger partial charge in [-0.05, 0) is 62.2 Å². The van der Waals surface area contributed by atoms with Gasteiger partial charge < -0.3 is 10.6 Å². The van der Waals surface area contributed by atoms with Crippen LogP contribution in [0.15, 0.2) is 59.6 Å². The minimum atomic E-state index is -0.243. The number of hydrogen-bond donors (Lipinski definition) is 2. The number of aromatic nitrogens is 2. The lowest BCUT2D eigenvalue weighted by Gasteiger charge is -2.10. The number of thioether (sulfide) groups is 1. The molecule has 2 N–H and O–H groups in total. The van der Waals surface area contributed by atoms with E-state index in [2.05, 4.69) is 20.8 Å². The molecule has 0 aliphatic carbocycles. The van der Waals surface area contributed by atoms with Gasteiger partial charge in [-0.25, -0.2) is 0 Å². The molecule has 0 atom stereocenters. The minimum absolute atomic E-state index is 0.109. The van der Waals surface area contributed by atoms with Crippen LogP contribution in [0.3, 0.4) is 0 Å². The number of amides is 2. The first-order chi connectivity index (χ1) is 13.9. The van der Waals surface area contributed by atoms with Crippen molar-refractivity contribution in [1.82, 2.24) is 10.2 Å². The predicted molar refractivity (Wildman–Crippen MR) is 116 cm³/mol. The van der Waals surface area contributed by atoms with E-state index in [9.17, 15) is 9.59 Å². The highest BCUT2D eigenvalue weighted by atomic mass is 32.2. The second-order valence-electron chi connectivity index (χ2n) is 6.66. The molecule has 3 aromatic rings. The van der Waals surface area contributed by atoms with Crippen LogP contribution in [0.25, 0.3) is 0 Å². The maximum Gasteiger partial charge on any atom is 0.256 e. The van der Waals surface area contributed by atoms with E-state index < -0.39 is 0 Å². The average molecular weight is 407 g/mol. The number of anilines is 2. The van der Waals surface area contributed by atoms with Crippen LogP contribution in [0.1, 0.15) is 27.0 Å². The Labute approximate surface area is 174 Å². The van der Waals surface area contributed by atoms with Crippen molar-refractivity contribution in [3.05, 3.63) is 76.9 Å². The lowest BCUT2D eigenvalue weighted by atomic mass is 10.1. The zero-order valence-electron chi connectivity index (χ0n) is 16.5. The molecule has 0 bridgehead atoms. The van der Waals surface area contributed by atoms with E-state index in [1.807, 2.05) is 51.1 Å². The van der Waals surface area contributed by atoms with Gasteiger partial charge in [-0.2, -0.15) is 0 Å². The number of hydrogen-bond acceptors (Lipinski definition) is 5. The van der Waals surface area contributed by atoms with Gasteiger partial charge in [0.15, 0.2) is 5.82 Å². The quantitative estimate of drug-likeness (QED) is 0.593. The molecule has 0 aliphatic rings. The van der Waals surface area contributed by atoms with Gasteiger partial charge in [0.2, 0.25) is 5.91 Å². The van der Waals surface area contributed by atoms with Crippen molar-refractivity contribution in [2.75, 3.05) is 16.4 Å². The summed E-state index contributed by atoms with van der Waals surface area (Å²) < 4.78 is 0.